The minimum Gasteiger partial charge on any atom is -0.324 e. The molecule has 0 heterocycles. The summed E-state index contributed by atoms with van der Waals surface area (Å²) in [6, 6.07) is 18.1. The maximum atomic E-state index is 13.6. The Morgan fingerprint density at radius 3 is 2.09 bits per heavy atom. The maximum absolute atomic E-state index is 13.6. The number of amides is 1. The van der Waals surface area contributed by atoms with Crippen molar-refractivity contribution >= 4 is 43.0 Å². The minimum atomic E-state index is -4.05. The van der Waals surface area contributed by atoms with E-state index >= 15 is 0 Å². The molecule has 186 valence electrons. The van der Waals surface area contributed by atoms with Crippen molar-refractivity contribution in [2.45, 2.75) is 25.7 Å². The molecule has 0 radical (unpaired) electrons. The summed E-state index contributed by atoms with van der Waals surface area (Å²) < 4.78 is 53.1. The van der Waals surface area contributed by atoms with Gasteiger partial charge in [0.25, 0.3) is 10.0 Å². The summed E-state index contributed by atoms with van der Waals surface area (Å²) in [5.74, 6) is -0.570. The monoisotopic (exact) mass is 515 g/mol. The highest BCUT2D eigenvalue weighted by atomic mass is 32.2. The summed E-state index contributed by atoms with van der Waals surface area (Å²) in [4.78, 5) is 13.1. The molecule has 3 aromatic rings. The first-order valence-corrected chi connectivity index (χ1v) is 14.1. The van der Waals surface area contributed by atoms with E-state index in [-0.39, 0.29) is 4.90 Å². The van der Waals surface area contributed by atoms with E-state index in [1.54, 1.807) is 49.4 Å². The second-order valence-electron chi connectivity index (χ2n) is 8.44. The van der Waals surface area contributed by atoms with E-state index in [2.05, 4.69) is 5.32 Å². The Morgan fingerprint density at radius 1 is 0.857 bits per heavy atom. The van der Waals surface area contributed by atoms with E-state index in [1.165, 1.54) is 25.2 Å². The summed E-state index contributed by atoms with van der Waals surface area (Å²) in [6.07, 6.45) is 1.08. The minimum absolute atomic E-state index is 0.0765. The number of rotatable bonds is 8. The highest BCUT2D eigenvalue weighted by Crippen LogP contribution is 2.28. The average Bonchev–Trinajstić information content (AvgIpc) is 2.77. The van der Waals surface area contributed by atoms with Crippen molar-refractivity contribution in [1.29, 1.82) is 0 Å². The molecule has 0 aromatic heterocycles. The largest absolute Gasteiger partial charge is 0.324 e. The van der Waals surface area contributed by atoms with Crippen LogP contribution in [0.25, 0.3) is 0 Å². The van der Waals surface area contributed by atoms with Crippen LogP contribution in [-0.4, -0.2) is 42.6 Å². The zero-order chi connectivity index (χ0) is 26.0. The van der Waals surface area contributed by atoms with Crippen molar-refractivity contribution in [1.82, 2.24) is 0 Å². The van der Waals surface area contributed by atoms with Gasteiger partial charge in [0.05, 0.1) is 22.5 Å². The molecular formula is C25H29N3O5S2. The normalized spacial score (nSPS) is 11.7. The van der Waals surface area contributed by atoms with Crippen LogP contribution in [0.5, 0.6) is 0 Å². The molecule has 0 fully saturated rings. The molecule has 0 atom stereocenters. The number of carbonyl (C=O) groups excluding carboxylic acids is 1. The smallest absolute Gasteiger partial charge is 0.264 e. The van der Waals surface area contributed by atoms with Crippen LogP contribution in [0.4, 0.5) is 17.1 Å². The molecule has 0 aliphatic rings. The van der Waals surface area contributed by atoms with Crippen molar-refractivity contribution in [2.75, 3.05) is 33.8 Å². The summed E-state index contributed by atoms with van der Waals surface area (Å²) >= 11 is 0. The Morgan fingerprint density at radius 2 is 1.49 bits per heavy atom. The molecule has 0 unspecified atom stereocenters. The Hall–Kier alpha value is -3.37. The number of anilines is 3. The summed E-state index contributed by atoms with van der Waals surface area (Å²) in [5.41, 5.74) is 3.70. The van der Waals surface area contributed by atoms with Gasteiger partial charge in [-0.05, 0) is 62.7 Å². The molecule has 0 aliphatic carbocycles. The van der Waals surface area contributed by atoms with Gasteiger partial charge >= 0.3 is 0 Å². The molecular weight excluding hydrogens is 486 g/mol. The molecule has 3 aromatic carbocycles. The van der Waals surface area contributed by atoms with E-state index in [0.29, 0.717) is 22.6 Å². The lowest BCUT2D eigenvalue weighted by molar-refractivity contribution is -0.114. The van der Waals surface area contributed by atoms with Crippen LogP contribution in [0.3, 0.4) is 0 Å². The first-order chi connectivity index (χ1) is 16.3. The fourth-order valence-corrected chi connectivity index (χ4v) is 5.51. The highest BCUT2D eigenvalue weighted by molar-refractivity contribution is 7.93. The van der Waals surface area contributed by atoms with Crippen LogP contribution in [-0.2, 0) is 24.8 Å². The molecule has 10 heteroatoms. The molecule has 0 aliphatic heterocycles. The first kappa shape index (κ1) is 26.2. The number of sulfonamides is 2. The number of benzene rings is 3. The number of nitrogens with one attached hydrogen (secondary N) is 1. The van der Waals surface area contributed by atoms with Gasteiger partial charge in [-0.2, -0.15) is 0 Å². The van der Waals surface area contributed by atoms with Crippen molar-refractivity contribution in [3.8, 4) is 0 Å². The van der Waals surface area contributed by atoms with Gasteiger partial charge in [-0.15, -0.1) is 0 Å². The summed E-state index contributed by atoms with van der Waals surface area (Å²) in [6.45, 7) is 5.10. The SMILES string of the molecule is Cc1ccc(S(=O)(=O)N(CC(=O)Nc2cccc(N(C)S(C)(=O)=O)c2)c2ccc(C)cc2C)cc1. The number of hydrogen-bond acceptors (Lipinski definition) is 5. The molecule has 3 rings (SSSR count). The fourth-order valence-electron chi connectivity index (χ4n) is 3.52. The van der Waals surface area contributed by atoms with E-state index in [9.17, 15) is 21.6 Å². The van der Waals surface area contributed by atoms with Crippen LogP contribution in [0.1, 0.15) is 16.7 Å². The zero-order valence-corrected chi connectivity index (χ0v) is 21.9. The molecule has 8 nitrogen and oxygen atoms in total. The third-order valence-electron chi connectivity index (χ3n) is 5.51. The Kier molecular flexibility index (Phi) is 7.56. The first-order valence-electron chi connectivity index (χ1n) is 10.8. The second kappa shape index (κ2) is 10.1. The maximum Gasteiger partial charge on any atom is 0.264 e. The molecule has 35 heavy (non-hydrogen) atoms. The van der Waals surface area contributed by atoms with Gasteiger partial charge in [0.15, 0.2) is 0 Å². The second-order valence-corrected chi connectivity index (χ2v) is 12.3. The van der Waals surface area contributed by atoms with E-state index in [4.69, 9.17) is 0 Å². The van der Waals surface area contributed by atoms with Crippen LogP contribution in [0, 0.1) is 20.8 Å². The van der Waals surface area contributed by atoms with Crippen molar-refractivity contribution in [3.05, 3.63) is 83.4 Å². The van der Waals surface area contributed by atoms with Crippen molar-refractivity contribution in [3.63, 3.8) is 0 Å². The third kappa shape index (κ3) is 6.20. The predicted molar refractivity (Wildman–Crippen MR) is 140 cm³/mol. The van der Waals surface area contributed by atoms with Gasteiger partial charge in [-0.1, -0.05) is 41.5 Å². The quantitative estimate of drug-likeness (QED) is 0.491. The number of hydrogen-bond donors (Lipinski definition) is 1. The van der Waals surface area contributed by atoms with Crippen molar-refractivity contribution in [2.24, 2.45) is 0 Å². The molecule has 1 amide bonds. The lowest BCUT2D eigenvalue weighted by Gasteiger charge is -2.26. The topological polar surface area (TPSA) is 104 Å². The number of nitrogens with zero attached hydrogens (tertiary/aromatic N) is 2. The standard InChI is InChI=1S/C25H29N3O5S2/c1-18-9-12-23(13-10-18)35(32,33)28(24-14-11-19(2)15-20(24)3)17-25(29)26-21-7-6-8-22(16-21)27(4)34(5,30)31/h6-16H,17H2,1-5H3,(H,26,29). The molecule has 0 saturated heterocycles. The van der Waals surface area contributed by atoms with Gasteiger partial charge in [-0.25, -0.2) is 16.8 Å². The fraction of sp³-hybridized carbons (Fsp3) is 0.240. The van der Waals surface area contributed by atoms with Gasteiger partial charge < -0.3 is 5.32 Å². The predicted octanol–water partition coefficient (Wildman–Crippen LogP) is 3.84. The highest BCUT2D eigenvalue weighted by Gasteiger charge is 2.28. The van der Waals surface area contributed by atoms with Gasteiger partial charge in [0, 0.05) is 12.7 Å². The van der Waals surface area contributed by atoms with Crippen LogP contribution in [0.2, 0.25) is 0 Å². The van der Waals surface area contributed by atoms with E-state index < -0.39 is 32.5 Å². The number of carbonyl (C=O) groups is 1. The molecule has 1 N–H and O–H groups in total. The number of aryl methyl sites for hydroxylation is 3. The Labute approximate surface area is 207 Å². The third-order valence-corrected chi connectivity index (χ3v) is 8.49. The summed E-state index contributed by atoms with van der Waals surface area (Å²) in [5, 5.41) is 2.69. The molecule has 0 saturated carbocycles. The van der Waals surface area contributed by atoms with Crippen LogP contribution < -0.4 is 13.9 Å². The lowest BCUT2D eigenvalue weighted by atomic mass is 10.1. The van der Waals surface area contributed by atoms with E-state index in [1.807, 2.05) is 19.9 Å². The Balaban J connectivity index is 1.95. The average molecular weight is 516 g/mol. The lowest BCUT2D eigenvalue weighted by Crippen LogP contribution is -2.38. The van der Waals surface area contributed by atoms with Gasteiger partial charge in [0.1, 0.15) is 6.54 Å². The van der Waals surface area contributed by atoms with Gasteiger partial charge in [-0.3, -0.25) is 13.4 Å². The van der Waals surface area contributed by atoms with Crippen LogP contribution >= 0.6 is 0 Å². The Bertz CT molecular complexity index is 1450. The van der Waals surface area contributed by atoms with E-state index in [0.717, 1.165) is 26.0 Å². The molecule has 0 bridgehead atoms. The zero-order valence-electron chi connectivity index (χ0n) is 20.3. The molecule has 0 spiro atoms. The van der Waals surface area contributed by atoms with Gasteiger partial charge in [0.2, 0.25) is 15.9 Å². The summed E-state index contributed by atoms with van der Waals surface area (Å²) in [7, 11) is -6.13. The van der Waals surface area contributed by atoms with Crippen LogP contribution in [0.15, 0.2) is 71.6 Å². The van der Waals surface area contributed by atoms with Crippen molar-refractivity contribution < 1.29 is 21.6 Å².